The number of hydrogen-bond donors (Lipinski definition) is 1. The van der Waals surface area contributed by atoms with E-state index in [-0.39, 0.29) is 5.91 Å². The van der Waals surface area contributed by atoms with Gasteiger partial charge in [-0.05, 0) is 35.0 Å². The van der Waals surface area contributed by atoms with Crippen molar-refractivity contribution >= 4 is 27.5 Å². The molecule has 1 N–H and O–H groups in total. The van der Waals surface area contributed by atoms with Crippen LogP contribution in [-0.4, -0.2) is 28.9 Å². The molecule has 2 aromatic carbocycles. The summed E-state index contributed by atoms with van der Waals surface area (Å²) in [5.74, 6) is 1.04. The molecule has 0 fully saturated rings. The van der Waals surface area contributed by atoms with E-state index in [1.807, 2.05) is 37.3 Å². The van der Waals surface area contributed by atoms with Crippen LogP contribution in [0, 0.1) is 6.92 Å². The number of nitrogens with one attached hydrogen (secondary N) is 1. The van der Waals surface area contributed by atoms with Gasteiger partial charge in [-0.2, -0.15) is 5.10 Å². The molecular formula is C19H16BrN3O3. The Bertz CT molecular complexity index is 970. The Morgan fingerprint density at radius 1 is 1.15 bits per heavy atom. The number of hydrogen-bond acceptors (Lipinski definition) is 4. The first-order chi connectivity index (χ1) is 12.6. The number of amides is 1. The van der Waals surface area contributed by atoms with Crippen molar-refractivity contribution in [1.29, 1.82) is 0 Å². The van der Waals surface area contributed by atoms with Crippen molar-refractivity contribution in [3.8, 4) is 17.2 Å². The molecule has 1 aliphatic rings. The molecule has 0 unspecified atom stereocenters. The van der Waals surface area contributed by atoms with Gasteiger partial charge in [0.25, 0.3) is 5.91 Å². The number of nitrogens with zero attached hydrogens (tertiary/aromatic N) is 2. The van der Waals surface area contributed by atoms with Gasteiger partial charge in [-0.3, -0.25) is 4.79 Å². The number of fused-ring (bicyclic) bond motifs is 1. The molecule has 0 saturated carbocycles. The maximum absolute atomic E-state index is 12.7. The van der Waals surface area contributed by atoms with Crippen LogP contribution in [0.5, 0.6) is 11.5 Å². The van der Waals surface area contributed by atoms with E-state index in [1.54, 1.807) is 23.0 Å². The van der Waals surface area contributed by atoms with Crippen molar-refractivity contribution in [2.45, 2.75) is 6.92 Å². The lowest BCUT2D eigenvalue weighted by Crippen LogP contribution is -2.17. The Balaban J connectivity index is 1.61. The summed E-state index contributed by atoms with van der Waals surface area (Å²) in [6.07, 6.45) is 1.57. The smallest absolute Gasteiger partial charge is 0.259 e. The minimum atomic E-state index is -0.234. The van der Waals surface area contributed by atoms with Gasteiger partial charge >= 0.3 is 0 Å². The second-order valence-electron chi connectivity index (χ2n) is 5.82. The molecule has 0 spiro atoms. The lowest BCUT2D eigenvalue weighted by Gasteiger charge is -2.20. The fourth-order valence-corrected chi connectivity index (χ4v) is 3.23. The Kier molecular flexibility index (Phi) is 4.38. The largest absolute Gasteiger partial charge is 0.486 e. The molecule has 26 heavy (non-hydrogen) atoms. The van der Waals surface area contributed by atoms with Gasteiger partial charge < -0.3 is 14.8 Å². The van der Waals surface area contributed by atoms with E-state index in [1.165, 1.54) is 0 Å². The van der Waals surface area contributed by atoms with Crippen LogP contribution in [0.1, 0.15) is 16.1 Å². The van der Waals surface area contributed by atoms with Crippen LogP contribution in [0.25, 0.3) is 5.69 Å². The predicted octanol–water partition coefficient (Wildman–Crippen LogP) is 3.97. The highest BCUT2D eigenvalue weighted by atomic mass is 79.9. The zero-order valence-electron chi connectivity index (χ0n) is 14.0. The molecule has 0 aliphatic carbocycles. The summed E-state index contributed by atoms with van der Waals surface area (Å²) in [4.78, 5) is 12.7. The molecule has 7 heteroatoms. The van der Waals surface area contributed by atoms with E-state index >= 15 is 0 Å². The zero-order chi connectivity index (χ0) is 18.1. The number of halogens is 1. The summed E-state index contributed by atoms with van der Waals surface area (Å²) in [6.45, 7) is 2.88. The van der Waals surface area contributed by atoms with Gasteiger partial charge in [0.2, 0.25) is 0 Å². The highest BCUT2D eigenvalue weighted by molar-refractivity contribution is 9.10. The Labute approximate surface area is 158 Å². The second-order valence-corrected chi connectivity index (χ2v) is 6.68. The normalized spacial score (nSPS) is 12.7. The molecule has 0 atom stereocenters. The molecule has 0 radical (unpaired) electrons. The molecule has 6 nitrogen and oxygen atoms in total. The van der Waals surface area contributed by atoms with Gasteiger partial charge in [0.15, 0.2) is 11.5 Å². The summed E-state index contributed by atoms with van der Waals surface area (Å²) >= 11 is 3.47. The average molecular weight is 414 g/mol. The standard InChI is InChI=1S/C19H16BrN3O3/c1-12-14(11-21-23(12)13-5-3-2-4-6-13)19(24)22-16-10-18-17(9-15(16)20)25-7-8-26-18/h2-6,9-11H,7-8H2,1H3,(H,22,24). The molecule has 132 valence electrons. The quantitative estimate of drug-likeness (QED) is 0.705. The highest BCUT2D eigenvalue weighted by Crippen LogP contribution is 2.38. The van der Waals surface area contributed by atoms with Gasteiger partial charge in [0.05, 0.1) is 28.8 Å². The summed E-state index contributed by atoms with van der Waals surface area (Å²) in [7, 11) is 0. The van der Waals surface area contributed by atoms with E-state index in [0.29, 0.717) is 36.0 Å². The first-order valence-electron chi connectivity index (χ1n) is 8.14. The third-order valence-corrected chi connectivity index (χ3v) is 4.79. The molecule has 1 aromatic heterocycles. The molecule has 0 bridgehead atoms. The summed E-state index contributed by atoms with van der Waals surface area (Å²) < 4.78 is 13.6. The Hall–Kier alpha value is -2.80. The number of ether oxygens (including phenoxy) is 2. The molecule has 3 aromatic rings. The maximum atomic E-state index is 12.7. The third kappa shape index (κ3) is 3.06. The fourth-order valence-electron chi connectivity index (χ4n) is 2.81. The lowest BCUT2D eigenvalue weighted by molar-refractivity contribution is 0.102. The highest BCUT2D eigenvalue weighted by Gasteiger charge is 2.19. The lowest BCUT2D eigenvalue weighted by atomic mass is 10.2. The van der Waals surface area contributed by atoms with Crippen LogP contribution in [-0.2, 0) is 0 Å². The molecule has 1 amide bonds. The summed E-state index contributed by atoms with van der Waals surface area (Å²) in [5, 5.41) is 7.25. The first kappa shape index (κ1) is 16.7. The molecular weight excluding hydrogens is 398 g/mol. The van der Waals surface area contributed by atoms with Crippen LogP contribution < -0.4 is 14.8 Å². The van der Waals surface area contributed by atoms with Crippen molar-refractivity contribution in [1.82, 2.24) is 9.78 Å². The molecule has 1 aliphatic heterocycles. The molecule has 4 rings (SSSR count). The van der Waals surface area contributed by atoms with Crippen LogP contribution in [0.4, 0.5) is 5.69 Å². The first-order valence-corrected chi connectivity index (χ1v) is 8.93. The SMILES string of the molecule is Cc1c(C(=O)Nc2cc3c(cc2Br)OCCO3)cnn1-c1ccccc1. The monoisotopic (exact) mass is 413 g/mol. The van der Waals surface area contributed by atoms with Crippen molar-refractivity contribution in [3.63, 3.8) is 0 Å². The van der Waals surface area contributed by atoms with E-state index in [0.717, 1.165) is 15.9 Å². The Morgan fingerprint density at radius 3 is 2.58 bits per heavy atom. The predicted molar refractivity (Wildman–Crippen MR) is 101 cm³/mol. The van der Waals surface area contributed by atoms with Crippen LogP contribution in [0.15, 0.2) is 53.1 Å². The van der Waals surface area contributed by atoms with Gasteiger partial charge in [-0.25, -0.2) is 4.68 Å². The minimum Gasteiger partial charge on any atom is -0.486 e. The van der Waals surface area contributed by atoms with E-state index in [4.69, 9.17) is 9.47 Å². The van der Waals surface area contributed by atoms with Gasteiger partial charge in [0, 0.05) is 16.6 Å². The van der Waals surface area contributed by atoms with Crippen molar-refractivity contribution < 1.29 is 14.3 Å². The average Bonchev–Trinajstić information content (AvgIpc) is 3.04. The van der Waals surface area contributed by atoms with Crippen LogP contribution >= 0.6 is 15.9 Å². The second kappa shape index (κ2) is 6.84. The number of carbonyl (C=O) groups is 1. The Morgan fingerprint density at radius 2 is 1.85 bits per heavy atom. The van der Waals surface area contributed by atoms with Crippen molar-refractivity contribution in [3.05, 3.63) is 64.4 Å². The summed E-state index contributed by atoms with van der Waals surface area (Å²) in [6, 6.07) is 13.2. The summed E-state index contributed by atoms with van der Waals surface area (Å²) in [5.41, 5.74) is 2.80. The van der Waals surface area contributed by atoms with Crippen LogP contribution in [0.3, 0.4) is 0 Å². The third-order valence-electron chi connectivity index (χ3n) is 4.14. The number of para-hydroxylation sites is 1. The van der Waals surface area contributed by atoms with E-state index in [9.17, 15) is 4.79 Å². The van der Waals surface area contributed by atoms with Crippen LogP contribution in [0.2, 0.25) is 0 Å². The van der Waals surface area contributed by atoms with Gasteiger partial charge in [0.1, 0.15) is 13.2 Å². The number of benzene rings is 2. The number of anilines is 1. The maximum Gasteiger partial charge on any atom is 0.259 e. The van der Waals surface area contributed by atoms with Crippen molar-refractivity contribution in [2.75, 3.05) is 18.5 Å². The number of rotatable bonds is 3. The van der Waals surface area contributed by atoms with E-state index in [2.05, 4.69) is 26.3 Å². The molecule has 2 heterocycles. The topological polar surface area (TPSA) is 65.4 Å². The fraction of sp³-hybridized carbons (Fsp3) is 0.158. The number of aromatic nitrogens is 2. The van der Waals surface area contributed by atoms with Crippen molar-refractivity contribution in [2.24, 2.45) is 0 Å². The van der Waals surface area contributed by atoms with E-state index < -0.39 is 0 Å². The molecule has 0 saturated heterocycles. The zero-order valence-corrected chi connectivity index (χ0v) is 15.6. The van der Waals surface area contributed by atoms with Gasteiger partial charge in [-0.1, -0.05) is 18.2 Å². The minimum absolute atomic E-state index is 0.234. The van der Waals surface area contributed by atoms with Gasteiger partial charge in [-0.15, -0.1) is 0 Å². The number of carbonyl (C=O) groups excluding carboxylic acids is 1.